The number of aryl methyl sites for hydroxylation is 1. The fraction of sp³-hybridized carbons (Fsp3) is 0.368. The van der Waals surface area contributed by atoms with Crippen molar-refractivity contribution in [1.82, 2.24) is 10.2 Å². The van der Waals surface area contributed by atoms with Crippen LogP contribution in [0.25, 0.3) is 0 Å². The summed E-state index contributed by atoms with van der Waals surface area (Å²) < 4.78 is 6.00. The molecule has 0 fully saturated rings. The Bertz CT molecular complexity index is 843. The van der Waals surface area contributed by atoms with Gasteiger partial charge in [-0.25, -0.2) is 0 Å². The van der Waals surface area contributed by atoms with Crippen molar-refractivity contribution in [2.24, 2.45) is 0 Å². The number of rotatable bonds is 3. The van der Waals surface area contributed by atoms with Gasteiger partial charge >= 0.3 is 0 Å². The zero-order valence-electron chi connectivity index (χ0n) is 13.7. The van der Waals surface area contributed by atoms with E-state index < -0.39 is 0 Å². The molecular formula is C19H20N4O. The Balaban J connectivity index is 1.91. The summed E-state index contributed by atoms with van der Waals surface area (Å²) in [5, 5.41) is 20.4. The van der Waals surface area contributed by atoms with Crippen molar-refractivity contribution in [1.29, 1.82) is 5.26 Å². The average molecular weight is 320 g/mol. The zero-order valence-corrected chi connectivity index (χ0v) is 13.7. The highest BCUT2D eigenvalue weighted by atomic mass is 16.5. The summed E-state index contributed by atoms with van der Waals surface area (Å²) in [5.74, 6) is 1.71. The van der Waals surface area contributed by atoms with E-state index in [-0.39, 0.29) is 5.92 Å². The molecule has 1 unspecified atom stereocenters. The molecule has 0 radical (unpaired) electrons. The lowest BCUT2D eigenvalue weighted by atomic mass is 9.81. The number of fused-ring (bicyclic) bond motifs is 2. The third-order valence-electron chi connectivity index (χ3n) is 4.76. The molecule has 0 saturated heterocycles. The van der Waals surface area contributed by atoms with Crippen molar-refractivity contribution in [3.8, 4) is 11.8 Å². The second-order valence-electron chi connectivity index (χ2n) is 6.30. The maximum Gasteiger partial charge on any atom is 0.129 e. The maximum absolute atomic E-state index is 9.87. The Morgan fingerprint density at radius 2 is 2.29 bits per heavy atom. The molecule has 2 aliphatic rings. The summed E-state index contributed by atoms with van der Waals surface area (Å²) in [6.07, 6.45) is 5.71. The Labute approximate surface area is 141 Å². The minimum atomic E-state index is -0.125. The smallest absolute Gasteiger partial charge is 0.129 e. The van der Waals surface area contributed by atoms with Gasteiger partial charge in [-0.3, -0.25) is 5.10 Å². The number of nitrogens with one attached hydrogen (secondary N) is 2. The summed E-state index contributed by atoms with van der Waals surface area (Å²) in [5.41, 5.74) is 5.07. The first-order valence-corrected chi connectivity index (χ1v) is 8.51. The number of aromatic amines is 1. The van der Waals surface area contributed by atoms with E-state index >= 15 is 0 Å². The monoisotopic (exact) mass is 320 g/mol. The van der Waals surface area contributed by atoms with E-state index in [2.05, 4.69) is 46.7 Å². The minimum absolute atomic E-state index is 0.125. The molecule has 0 aliphatic carbocycles. The van der Waals surface area contributed by atoms with Crippen molar-refractivity contribution in [2.75, 3.05) is 11.9 Å². The largest absolute Gasteiger partial charge is 0.493 e. The molecule has 5 nitrogen and oxygen atoms in total. The van der Waals surface area contributed by atoms with Crippen molar-refractivity contribution < 1.29 is 4.74 Å². The highest BCUT2D eigenvalue weighted by Gasteiger charge is 2.33. The van der Waals surface area contributed by atoms with Crippen LogP contribution in [0.2, 0.25) is 0 Å². The summed E-state index contributed by atoms with van der Waals surface area (Å²) >= 11 is 0. The molecule has 1 aromatic heterocycles. The third-order valence-corrected chi connectivity index (χ3v) is 4.76. The second kappa shape index (κ2) is 6.04. The lowest BCUT2D eigenvalue weighted by molar-refractivity contribution is 0.285. The molecule has 1 atom stereocenters. The quantitative estimate of drug-likeness (QED) is 0.900. The predicted octanol–water partition coefficient (Wildman–Crippen LogP) is 3.87. The molecule has 5 heteroatoms. The van der Waals surface area contributed by atoms with E-state index in [1.807, 2.05) is 6.20 Å². The van der Waals surface area contributed by atoms with Crippen molar-refractivity contribution >= 4 is 5.82 Å². The zero-order chi connectivity index (χ0) is 16.5. The normalized spacial score (nSPS) is 18.9. The van der Waals surface area contributed by atoms with Crippen LogP contribution in [0.4, 0.5) is 5.82 Å². The molecule has 2 aliphatic heterocycles. The predicted molar refractivity (Wildman–Crippen MR) is 91.9 cm³/mol. The molecule has 24 heavy (non-hydrogen) atoms. The molecule has 0 bridgehead atoms. The number of hydrogen-bond donors (Lipinski definition) is 2. The van der Waals surface area contributed by atoms with Crippen LogP contribution in [0.5, 0.6) is 5.75 Å². The molecule has 2 aromatic rings. The first kappa shape index (κ1) is 14.8. The number of hydrogen-bond acceptors (Lipinski definition) is 4. The van der Waals surface area contributed by atoms with Crippen LogP contribution in [-0.2, 0) is 6.42 Å². The van der Waals surface area contributed by atoms with Crippen LogP contribution in [-0.4, -0.2) is 16.8 Å². The first-order valence-electron chi connectivity index (χ1n) is 8.51. The molecule has 0 saturated carbocycles. The summed E-state index contributed by atoms with van der Waals surface area (Å²) in [6.45, 7) is 2.86. The SMILES string of the molecule is CCCC1=C(C#N)C(c2cccc3c2OCCC3)c2cn[nH]c2N1. The Morgan fingerprint density at radius 1 is 1.38 bits per heavy atom. The highest BCUT2D eigenvalue weighted by Crippen LogP contribution is 2.46. The molecule has 2 N–H and O–H groups in total. The van der Waals surface area contributed by atoms with Crippen molar-refractivity contribution in [3.63, 3.8) is 0 Å². The molecule has 4 rings (SSSR count). The number of nitrogens with zero attached hydrogens (tertiary/aromatic N) is 2. The van der Waals surface area contributed by atoms with Gasteiger partial charge in [0.15, 0.2) is 0 Å². The van der Waals surface area contributed by atoms with Gasteiger partial charge in [-0.05, 0) is 24.8 Å². The van der Waals surface area contributed by atoms with E-state index in [0.717, 1.165) is 66.3 Å². The van der Waals surface area contributed by atoms with E-state index in [0.29, 0.717) is 0 Å². The Morgan fingerprint density at radius 3 is 3.12 bits per heavy atom. The van der Waals surface area contributed by atoms with Gasteiger partial charge in [-0.1, -0.05) is 31.5 Å². The second-order valence-corrected chi connectivity index (χ2v) is 6.30. The molecule has 0 amide bonds. The third kappa shape index (κ3) is 2.26. The fourth-order valence-corrected chi connectivity index (χ4v) is 3.71. The molecule has 0 spiro atoms. The van der Waals surface area contributed by atoms with E-state index in [4.69, 9.17) is 4.74 Å². The van der Waals surface area contributed by atoms with Crippen LogP contribution >= 0.6 is 0 Å². The molecule has 122 valence electrons. The van der Waals surface area contributed by atoms with Gasteiger partial charge in [-0.2, -0.15) is 10.4 Å². The number of nitriles is 1. The van der Waals surface area contributed by atoms with Crippen LogP contribution in [0, 0.1) is 11.3 Å². The van der Waals surface area contributed by atoms with Crippen LogP contribution in [0.3, 0.4) is 0 Å². The van der Waals surface area contributed by atoms with Crippen LogP contribution in [0.15, 0.2) is 35.7 Å². The Hall–Kier alpha value is -2.74. The van der Waals surface area contributed by atoms with E-state index in [1.165, 1.54) is 5.56 Å². The summed E-state index contributed by atoms with van der Waals surface area (Å²) in [7, 11) is 0. The first-order chi connectivity index (χ1) is 11.8. The molecule has 1 aromatic carbocycles. The van der Waals surface area contributed by atoms with Gasteiger partial charge < -0.3 is 10.1 Å². The Kier molecular flexibility index (Phi) is 3.73. The van der Waals surface area contributed by atoms with Gasteiger partial charge in [0.05, 0.1) is 30.4 Å². The van der Waals surface area contributed by atoms with Gasteiger partial charge in [0.25, 0.3) is 0 Å². The van der Waals surface area contributed by atoms with Gasteiger partial charge in [0.1, 0.15) is 11.6 Å². The van der Waals surface area contributed by atoms with Gasteiger partial charge in [0, 0.05) is 16.8 Å². The average Bonchev–Trinajstić information content (AvgIpc) is 3.08. The standard InChI is InChI=1S/C19H20N4O/c1-2-5-16-14(10-20)17(15-11-21-23-19(15)22-16)13-8-3-6-12-7-4-9-24-18(12)13/h3,6,8,11,17H,2,4-5,7,9H2,1H3,(H2,21,22,23). The van der Waals surface area contributed by atoms with Crippen LogP contribution in [0.1, 0.15) is 48.8 Å². The van der Waals surface area contributed by atoms with Gasteiger partial charge in [-0.15, -0.1) is 0 Å². The lowest BCUT2D eigenvalue weighted by Gasteiger charge is -2.29. The van der Waals surface area contributed by atoms with Crippen molar-refractivity contribution in [3.05, 3.63) is 52.4 Å². The highest BCUT2D eigenvalue weighted by molar-refractivity contribution is 5.66. The lowest BCUT2D eigenvalue weighted by Crippen LogP contribution is -2.20. The number of anilines is 1. The number of ether oxygens (including phenoxy) is 1. The number of aromatic nitrogens is 2. The molecular weight excluding hydrogens is 300 g/mol. The topological polar surface area (TPSA) is 73.7 Å². The fourth-order valence-electron chi connectivity index (χ4n) is 3.71. The van der Waals surface area contributed by atoms with E-state index in [9.17, 15) is 5.26 Å². The number of H-pyrrole nitrogens is 1. The minimum Gasteiger partial charge on any atom is -0.493 e. The molecule has 3 heterocycles. The number of para-hydroxylation sites is 1. The summed E-state index contributed by atoms with van der Waals surface area (Å²) in [6, 6.07) is 8.72. The number of benzene rings is 1. The number of allylic oxidation sites excluding steroid dienone is 2. The maximum atomic E-state index is 9.87. The van der Waals surface area contributed by atoms with Crippen LogP contribution < -0.4 is 10.1 Å². The summed E-state index contributed by atoms with van der Waals surface area (Å²) in [4.78, 5) is 0. The van der Waals surface area contributed by atoms with Gasteiger partial charge in [0.2, 0.25) is 0 Å². The van der Waals surface area contributed by atoms with E-state index in [1.54, 1.807) is 0 Å². The van der Waals surface area contributed by atoms with Crippen molar-refractivity contribution in [2.45, 2.75) is 38.5 Å².